The maximum Gasteiger partial charge on any atom is 0.283 e. The van der Waals surface area contributed by atoms with Gasteiger partial charge in [-0.25, -0.2) is 0 Å². The number of hydrogen-bond donors (Lipinski definition) is 2. The first-order chi connectivity index (χ1) is 6.11. The molecule has 0 spiro atoms. The highest BCUT2D eigenvalue weighted by atomic mass is 16.5. The van der Waals surface area contributed by atoms with Crippen LogP contribution in [0.4, 0.5) is 0 Å². The second-order valence-corrected chi connectivity index (χ2v) is 3.93. The number of aryl methyl sites for hydroxylation is 1. The number of aromatic amines is 1. The van der Waals surface area contributed by atoms with Gasteiger partial charge in [-0.3, -0.25) is 4.79 Å². The lowest BCUT2D eigenvalue weighted by Crippen LogP contribution is -2.23. The van der Waals surface area contributed by atoms with Crippen LogP contribution in [-0.2, 0) is 6.42 Å². The highest BCUT2D eigenvalue weighted by Gasteiger charge is 2.37. The SMILES string of the molecule is Cc1o[nH]c(=O)c1CCC1(N)CC1. The Morgan fingerprint density at radius 1 is 1.62 bits per heavy atom. The molecule has 1 saturated carbocycles. The molecule has 1 aromatic rings. The third-order valence-corrected chi connectivity index (χ3v) is 2.76. The number of hydrogen-bond acceptors (Lipinski definition) is 3. The van der Waals surface area contributed by atoms with Crippen LogP contribution in [0.2, 0.25) is 0 Å². The summed E-state index contributed by atoms with van der Waals surface area (Å²) in [5.41, 5.74) is 6.57. The molecule has 0 atom stereocenters. The maximum atomic E-state index is 11.2. The minimum atomic E-state index is -0.109. The van der Waals surface area contributed by atoms with Crippen molar-refractivity contribution < 1.29 is 4.52 Å². The smallest absolute Gasteiger partial charge is 0.283 e. The van der Waals surface area contributed by atoms with Gasteiger partial charge in [-0.1, -0.05) is 0 Å². The lowest BCUT2D eigenvalue weighted by Gasteiger charge is -2.05. The minimum Gasteiger partial charge on any atom is -0.384 e. The molecule has 72 valence electrons. The average Bonchev–Trinajstić information content (AvgIpc) is 2.72. The standard InChI is InChI=1S/C9H14N2O2/c1-6-7(8(12)11-13-6)2-3-9(10)4-5-9/h2-5,10H2,1H3,(H,11,12). The normalized spacial score (nSPS) is 18.9. The summed E-state index contributed by atoms with van der Waals surface area (Å²) in [5.74, 6) is 0.689. The monoisotopic (exact) mass is 182 g/mol. The van der Waals surface area contributed by atoms with Gasteiger partial charge < -0.3 is 10.3 Å². The molecule has 1 fully saturated rings. The first kappa shape index (κ1) is 8.56. The quantitative estimate of drug-likeness (QED) is 0.722. The van der Waals surface area contributed by atoms with Gasteiger partial charge in [0.1, 0.15) is 5.76 Å². The molecule has 1 aliphatic carbocycles. The molecule has 3 N–H and O–H groups in total. The van der Waals surface area contributed by atoms with Crippen molar-refractivity contribution in [1.82, 2.24) is 5.16 Å². The van der Waals surface area contributed by atoms with Crippen LogP contribution in [0.15, 0.2) is 9.32 Å². The van der Waals surface area contributed by atoms with Crippen LogP contribution < -0.4 is 11.3 Å². The van der Waals surface area contributed by atoms with Crippen molar-refractivity contribution in [3.63, 3.8) is 0 Å². The van der Waals surface area contributed by atoms with Crippen molar-refractivity contribution in [2.24, 2.45) is 5.73 Å². The molecule has 0 aliphatic heterocycles. The van der Waals surface area contributed by atoms with E-state index in [0.29, 0.717) is 5.76 Å². The molecule has 0 amide bonds. The Balaban J connectivity index is 2.05. The first-order valence-corrected chi connectivity index (χ1v) is 4.57. The van der Waals surface area contributed by atoms with Crippen LogP contribution in [0, 0.1) is 6.92 Å². The van der Waals surface area contributed by atoms with Crippen LogP contribution >= 0.6 is 0 Å². The second-order valence-electron chi connectivity index (χ2n) is 3.93. The summed E-state index contributed by atoms with van der Waals surface area (Å²) in [6.07, 6.45) is 3.79. The summed E-state index contributed by atoms with van der Waals surface area (Å²) < 4.78 is 4.90. The summed E-state index contributed by atoms with van der Waals surface area (Å²) in [5, 5.41) is 2.32. The van der Waals surface area contributed by atoms with E-state index >= 15 is 0 Å². The molecule has 1 aliphatic rings. The van der Waals surface area contributed by atoms with Crippen molar-refractivity contribution in [2.75, 3.05) is 0 Å². The third-order valence-electron chi connectivity index (χ3n) is 2.76. The number of nitrogens with two attached hydrogens (primary N) is 1. The highest BCUT2D eigenvalue weighted by Crippen LogP contribution is 2.36. The van der Waals surface area contributed by atoms with Crippen molar-refractivity contribution >= 4 is 0 Å². The van der Waals surface area contributed by atoms with Crippen LogP contribution in [0.25, 0.3) is 0 Å². The largest absolute Gasteiger partial charge is 0.384 e. The molecular formula is C9H14N2O2. The zero-order chi connectivity index (χ0) is 9.47. The summed E-state index contributed by atoms with van der Waals surface area (Å²) in [4.78, 5) is 11.2. The lowest BCUT2D eigenvalue weighted by atomic mass is 10.1. The Morgan fingerprint density at radius 2 is 2.31 bits per heavy atom. The molecule has 2 rings (SSSR count). The van der Waals surface area contributed by atoms with E-state index in [4.69, 9.17) is 10.3 Å². The molecule has 0 unspecified atom stereocenters. The summed E-state index contributed by atoms with van der Waals surface area (Å²) in [7, 11) is 0. The van der Waals surface area contributed by atoms with Gasteiger partial charge in [0.2, 0.25) is 0 Å². The van der Waals surface area contributed by atoms with Crippen molar-refractivity contribution in [1.29, 1.82) is 0 Å². The fraction of sp³-hybridized carbons (Fsp3) is 0.667. The zero-order valence-corrected chi connectivity index (χ0v) is 7.72. The molecule has 0 saturated heterocycles. The maximum absolute atomic E-state index is 11.2. The Labute approximate surface area is 76.1 Å². The van der Waals surface area contributed by atoms with E-state index in [9.17, 15) is 4.79 Å². The second kappa shape index (κ2) is 2.73. The predicted molar refractivity (Wildman–Crippen MR) is 48.5 cm³/mol. The molecule has 0 bridgehead atoms. The predicted octanol–water partition coefficient (Wildman–Crippen LogP) is 0.700. The Hall–Kier alpha value is -1.03. The molecular weight excluding hydrogens is 168 g/mol. The fourth-order valence-corrected chi connectivity index (χ4v) is 1.48. The zero-order valence-electron chi connectivity index (χ0n) is 7.72. The average molecular weight is 182 g/mol. The van der Waals surface area contributed by atoms with Crippen LogP contribution in [0.5, 0.6) is 0 Å². The van der Waals surface area contributed by atoms with Gasteiger partial charge in [-0.15, -0.1) is 0 Å². The minimum absolute atomic E-state index is 0.0101. The fourth-order valence-electron chi connectivity index (χ4n) is 1.48. The third kappa shape index (κ3) is 1.67. The number of H-pyrrole nitrogens is 1. The summed E-state index contributed by atoms with van der Waals surface area (Å²) >= 11 is 0. The Bertz CT molecular complexity index is 360. The van der Waals surface area contributed by atoms with Crippen molar-refractivity contribution in [3.05, 3.63) is 21.7 Å². The van der Waals surface area contributed by atoms with Gasteiger partial charge in [-0.05, 0) is 32.6 Å². The number of nitrogens with one attached hydrogen (secondary N) is 1. The van der Waals surface area contributed by atoms with Gasteiger partial charge in [0.05, 0.1) is 5.56 Å². The summed E-state index contributed by atoms with van der Waals surface area (Å²) in [6.45, 7) is 1.79. The van der Waals surface area contributed by atoms with Crippen LogP contribution in [0.1, 0.15) is 30.6 Å². The highest BCUT2D eigenvalue weighted by molar-refractivity contribution is 5.14. The van der Waals surface area contributed by atoms with Crippen molar-refractivity contribution in [3.8, 4) is 0 Å². The molecule has 4 nitrogen and oxygen atoms in total. The topological polar surface area (TPSA) is 72.0 Å². The molecule has 13 heavy (non-hydrogen) atoms. The van der Waals surface area contributed by atoms with E-state index in [1.807, 2.05) is 0 Å². The van der Waals surface area contributed by atoms with Gasteiger partial charge in [0, 0.05) is 5.54 Å². The van der Waals surface area contributed by atoms with E-state index in [1.54, 1.807) is 6.92 Å². The van der Waals surface area contributed by atoms with Gasteiger partial charge in [-0.2, -0.15) is 5.16 Å². The van der Waals surface area contributed by atoms with Crippen LogP contribution in [0.3, 0.4) is 0 Å². The van der Waals surface area contributed by atoms with Gasteiger partial charge >= 0.3 is 0 Å². The lowest BCUT2D eigenvalue weighted by molar-refractivity contribution is 0.391. The van der Waals surface area contributed by atoms with E-state index < -0.39 is 0 Å². The Kier molecular flexibility index (Phi) is 1.80. The Morgan fingerprint density at radius 3 is 2.77 bits per heavy atom. The van der Waals surface area contributed by atoms with E-state index in [-0.39, 0.29) is 11.1 Å². The molecule has 4 heteroatoms. The number of rotatable bonds is 3. The number of aromatic nitrogens is 1. The van der Waals surface area contributed by atoms with Gasteiger partial charge in [0.15, 0.2) is 0 Å². The summed E-state index contributed by atoms with van der Waals surface area (Å²) in [6, 6.07) is 0. The molecule has 1 heterocycles. The van der Waals surface area contributed by atoms with E-state index in [1.165, 1.54) is 0 Å². The van der Waals surface area contributed by atoms with Crippen molar-refractivity contribution in [2.45, 2.75) is 38.1 Å². The van der Waals surface area contributed by atoms with E-state index in [0.717, 1.165) is 31.2 Å². The van der Waals surface area contributed by atoms with Crippen LogP contribution in [-0.4, -0.2) is 10.7 Å². The van der Waals surface area contributed by atoms with E-state index in [2.05, 4.69) is 5.16 Å². The first-order valence-electron chi connectivity index (χ1n) is 4.57. The van der Waals surface area contributed by atoms with Gasteiger partial charge in [0.25, 0.3) is 5.56 Å². The molecule has 1 aromatic heterocycles. The molecule has 0 radical (unpaired) electrons. The molecule has 0 aromatic carbocycles.